The highest BCUT2D eigenvalue weighted by Gasteiger charge is 2.24. The maximum Gasteiger partial charge on any atom is 0.374 e. The van der Waals surface area contributed by atoms with Crippen molar-refractivity contribution < 1.29 is 19.2 Å². The number of hydrogen-bond donors (Lipinski definition) is 2. The van der Waals surface area contributed by atoms with Crippen molar-refractivity contribution in [3.8, 4) is 0 Å². The molecule has 1 fully saturated rings. The summed E-state index contributed by atoms with van der Waals surface area (Å²) in [6.45, 7) is 2.79. The van der Waals surface area contributed by atoms with E-state index in [0.29, 0.717) is 18.4 Å². The van der Waals surface area contributed by atoms with Gasteiger partial charge in [-0.25, -0.2) is 4.79 Å². The Balaban J connectivity index is 1.89. The monoisotopic (exact) mass is 252 g/mol. The number of amides is 1. The molecule has 98 valence electrons. The molecule has 2 unspecified atom stereocenters. The molecule has 1 saturated carbocycles. The average molecular weight is 252 g/mol. The van der Waals surface area contributed by atoms with Crippen LogP contribution >= 0.6 is 0 Å². The van der Waals surface area contributed by atoms with E-state index < -0.39 is 5.97 Å². The lowest BCUT2D eigenvalue weighted by Crippen LogP contribution is -2.30. The van der Waals surface area contributed by atoms with Gasteiger partial charge in [0.2, 0.25) is 5.76 Å². The van der Waals surface area contributed by atoms with Gasteiger partial charge >= 0.3 is 5.97 Å². The summed E-state index contributed by atoms with van der Waals surface area (Å²) in [7, 11) is 0. The Morgan fingerprint density at radius 1 is 1.56 bits per heavy atom. The molecule has 0 spiro atoms. The largest absolute Gasteiger partial charge is 0.475 e. The molecule has 2 rings (SSSR count). The van der Waals surface area contributed by atoms with Gasteiger partial charge in [0.15, 0.2) is 5.69 Å². The van der Waals surface area contributed by atoms with Gasteiger partial charge in [0, 0.05) is 12.6 Å². The smallest absolute Gasteiger partial charge is 0.374 e. The van der Waals surface area contributed by atoms with Crippen molar-refractivity contribution in [3.05, 3.63) is 17.5 Å². The van der Waals surface area contributed by atoms with Crippen LogP contribution < -0.4 is 5.32 Å². The first-order chi connectivity index (χ1) is 8.58. The minimum Gasteiger partial charge on any atom is -0.475 e. The minimum atomic E-state index is -1.23. The lowest BCUT2D eigenvalue weighted by atomic mass is 9.98. The fourth-order valence-corrected chi connectivity index (χ4v) is 2.32. The quantitative estimate of drug-likeness (QED) is 0.847. The van der Waals surface area contributed by atoms with Gasteiger partial charge in [0.05, 0.1) is 0 Å². The van der Waals surface area contributed by atoms with Crippen LogP contribution in [0.3, 0.4) is 0 Å². The van der Waals surface area contributed by atoms with E-state index in [0.717, 1.165) is 12.5 Å². The van der Waals surface area contributed by atoms with Gasteiger partial charge in [-0.2, -0.15) is 0 Å². The first-order valence-electron chi connectivity index (χ1n) is 6.06. The second-order valence-corrected chi connectivity index (χ2v) is 4.76. The molecule has 1 aliphatic carbocycles. The highest BCUT2D eigenvalue weighted by molar-refractivity contribution is 5.94. The summed E-state index contributed by atoms with van der Waals surface area (Å²) in [5.74, 6) is -0.817. The Labute approximate surface area is 104 Å². The first-order valence-corrected chi connectivity index (χ1v) is 6.06. The Kier molecular flexibility index (Phi) is 3.64. The Bertz CT molecular complexity index is 455. The predicted molar refractivity (Wildman–Crippen MR) is 62.3 cm³/mol. The van der Waals surface area contributed by atoms with Crippen LogP contribution in [0.15, 0.2) is 10.6 Å². The Hall–Kier alpha value is -1.85. The summed E-state index contributed by atoms with van der Waals surface area (Å²) >= 11 is 0. The highest BCUT2D eigenvalue weighted by Crippen LogP contribution is 2.30. The molecule has 1 aliphatic rings. The molecule has 0 aliphatic heterocycles. The van der Waals surface area contributed by atoms with E-state index in [9.17, 15) is 9.59 Å². The molecule has 1 amide bonds. The van der Waals surface area contributed by atoms with Crippen molar-refractivity contribution in [1.29, 1.82) is 0 Å². The van der Waals surface area contributed by atoms with Gasteiger partial charge in [0.25, 0.3) is 5.91 Å². The van der Waals surface area contributed by atoms with Crippen molar-refractivity contribution in [3.63, 3.8) is 0 Å². The van der Waals surface area contributed by atoms with Crippen LogP contribution in [0.25, 0.3) is 0 Å². The molecule has 2 N–H and O–H groups in total. The van der Waals surface area contributed by atoms with Crippen LogP contribution in [0.2, 0.25) is 0 Å². The number of nitrogens with one attached hydrogen (secondary N) is 1. The molecule has 2 atom stereocenters. The number of carbonyl (C=O) groups excluding carboxylic acids is 1. The molecule has 18 heavy (non-hydrogen) atoms. The first kappa shape index (κ1) is 12.6. The third-order valence-corrected chi connectivity index (χ3v) is 3.52. The predicted octanol–water partition coefficient (Wildman–Crippen LogP) is 1.54. The van der Waals surface area contributed by atoms with Crippen LogP contribution in [0.5, 0.6) is 0 Å². The number of carboxylic acids is 1. The number of rotatable bonds is 4. The van der Waals surface area contributed by atoms with E-state index in [1.165, 1.54) is 12.8 Å². The van der Waals surface area contributed by atoms with Gasteiger partial charge in [0.1, 0.15) is 0 Å². The number of aromatic carboxylic acids is 1. The third kappa shape index (κ3) is 2.69. The Morgan fingerprint density at radius 3 is 2.89 bits per heavy atom. The molecule has 0 bridgehead atoms. The molecule has 1 heterocycles. The molecule has 0 aromatic carbocycles. The van der Waals surface area contributed by atoms with Crippen LogP contribution in [-0.4, -0.2) is 28.7 Å². The SMILES string of the molecule is CC1CCCC1CNC(=O)c1cc(C(=O)O)on1. The van der Waals surface area contributed by atoms with Crippen LogP contribution in [0.4, 0.5) is 0 Å². The standard InChI is InChI=1S/C12H16N2O4/c1-7-3-2-4-8(7)6-13-11(15)9-5-10(12(16)17)18-14-9/h5,7-8H,2-4,6H2,1H3,(H,13,15)(H,16,17). The zero-order chi connectivity index (χ0) is 13.1. The fourth-order valence-electron chi connectivity index (χ4n) is 2.32. The lowest BCUT2D eigenvalue weighted by molar-refractivity contribution is 0.0651. The zero-order valence-electron chi connectivity index (χ0n) is 10.2. The second-order valence-electron chi connectivity index (χ2n) is 4.76. The van der Waals surface area contributed by atoms with E-state index in [1.807, 2.05) is 0 Å². The minimum absolute atomic E-state index is 0.0121. The molecular weight excluding hydrogens is 236 g/mol. The normalized spacial score (nSPS) is 22.9. The fraction of sp³-hybridized carbons (Fsp3) is 0.583. The maximum atomic E-state index is 11.7. The second kappa shape index (κ2) is 5.20. The van der Waals surface area contributed by atoms with E-state index in [2.05, 4.69) is 21.9 Å². The molecule has 6 nitrogen and oxygen atoms in total. The van der Waals surface area contributed by atoms with Crippen LogP contribution in [-0.2, 0) is 0 Å². The van der Waals surface area contributed by atoms with Crippen molar-refractivity contribution in [2.45, 2.75) is 26.2 Å². The Morgan fingerprint density at radius 2 is 2.33 bits per heavy atom. The number of carboxylic acid groups (broad SMARTS) is 1. The van der Waals surface area contributed by atoms with Gasteiger partial charge < -0.3 is 14.9 Å². The highest BCUT2D eigenvalue weighted by atomic mass is 16.5. The lowest BCUT2D eigenvalue weighted by Gasteiger charge is -2.15. The van der Waals surface area contributed by atoms with Crippen molar-refractivity contribution in [1.82, 2.24) is 10.5 Å². The molecule has 1 aromatic rings. The summed E-state index contributed by atoms with van der Waals surface area (Å²) in [5.41, 5.74) is 0.0121. The van der Waals surface area contributed by atoms with Gasteiger partial charge in [-0.1, -0.05) is 24.9 Å². The maximum absolute atomic E-state index is 11.7. The van der Waals surface area contributed by atoms with Gasteiger partial charge in [-0.3, -0.25) is 4.79 Å². The van der Waals surface area contributed by atoms with Crippen LogP contribution in [0, 0.1) is 11.8 Å². The number of nitrogens with zero attached hydrogens (tertiary/aromatic N) is 1. The van der Waals surface area contributed by atoms with Crippen molar-refractivity contribution in [2.75, 3.05) is 6.54 Å². The average Bonchev–Trinajstić information content (AvgIpc) is 2.94. The van der Waals surface area contributed by atoms with Gasteiger partial charge in [-0.05, 0) is 18.3 Å². The molecule has 6 heteroatoms. The van der Waals surface area contributed by atoms with E-state index in [-0.39, 0.29) is 17.4 Å². The van der Waals surface area contributed by atoms with E-state index in [1.54, 1.807) is 0 Å². The number of aromatic nitrogens is 1. The van der Waals surface area contributed by atoms with E-state index >= 15 is 0 Å². The summed E-state index contributed by atoms with van der Waals surface area (Å²) in [6, 6.07) is 1.13. The van der Waals surface area contributed by atoms with Crippen LogP contribution in [0.1, 0.15) is 47.2 Å². The number of carbonyl (C=O) groups is 2. The number of hydrogen-bond acceptors (Lipinski definition) is 4. The molecular formula is C12H16N2O4. The summed E-state index contributed by atoms with van der Waals surface area (Å²) in [5, 5.41) is 14.9. The molecule has 0 radical (unpaired) electrons. The molecule has 0 saturated heterocycles. The summed E-state index contributed by atoms with van der Waals surface area (Å²) in [6.07, 6.45) is 3.53. The zero-order valence-corrected chi connectivity index (χ0v) is 10.2. The van der Waals surface area contributed by atoms with E-state index in [4.69, 9.17) is 5.11 Å². The van der Waals surface area contributed by atoms with Crippen molar-refractivity contribution >= 4 is 11.9 Å². The van der Waals surface area contributed by atoms with Gasteiger partial charge in [-0.15, -0.1) is 0 Å². The summed E-state index contributed by atoms with van der Waals surface area (Å²) in [4.78, 5) is 22.3. The third-order valence-electron chi connectivity index (χ3n) is 3.52. The summed E-state index contributed by atoms with van der Waals surface area (Å²) < 4.78 is 4.53. The topological polar surface area (TPSA) is 92.4 Å². The van der Waals surface area contributed by atoms with Crippen molar-refractivity contribution in [2.24, 2.45) is 11.8 Å². The molecule has 1 aromatic heterocycles.